The summed E-state index contributed by atoms with van der Waals surface area (Å²) in [6, 6.07) is 22.5. The van der Waals surface area contributed by atoms with Crippen LogP contribution in [0.25, 0.3) is 0 Å². The van der Waals surface area contributed by atoms with Gasteiger partial charge in [0, 0.05) is 4.90 Å². The normalized spacial score (nSPS) is 13.9. The van der Waals surface area contributed by atoms with E-state index in [0.717, 1.165) is 15.4 Å². The van der Waals surface area contributed by atoms with Gasteiger partial charge in [0.1, 0.15) is 16.4 Å². The Hall–Kier alpha value is -3.38. The van der Waals surface area contributed by atoms with Gasteiger partial charge in [-0.3, -0.25) is 9.59 Å². The van der Waals surface area contributed by atoms with E-state index in [0.29, 0.717) is 5.69 Å². The molecule has 3 aromatic carbocycles. The van der Waals surface area contributed by atoms with Crippen molar-refractivity contribution in [2.45, 2.75) is 11.8 Å². The zero-order chi connectivity index (χ0) is 20.4. The maximum Gasteiger partial charge on any atom is 0.283 e. The quantitative estimate of drug-likeness (QED) is 0.600. The molecule has 0 fully saturated rings. The molecular formula is C23H17FN2O2S. The highest BCUT2D eigenvalue weighted by Crippen LogP contribution is 2.38. The van der Waals surface area contributed by atoms with Crippen LogP contribution in [0.1, 0.15) is 5.56 Å². The second-order valence-electron chi connectivity index (χ2n) is 6.51. The van der Waals surface area contributed by atoms with Crippen LogP contribution in [0.2, 0.25) is 0 Å². The molecule has 0 atom stereocenters. The summed E-state index contributed by atoms with van der Waals surface area (Å²) in [5.41, 5.74) is 1.70. The van der Waals surface area contributed by atoms with Crippen LogP contribution in [-0.4, -0.2) is 11.8 Å². The van der Waals surface area contributed by atoms with Crippen molar-refractivity contribution in [3.8, 4) is 0 Å². The number of aryl methyl sites for hydroxylation is 1. The molecule has 1 heterocycles. The van der Waals surface area contributed by atoms with Gasteiger partial charge in [-0.05, 0) is 43.3 Å². The van der Waals surface area contributed by atoms with Crippen LogP contribution in [0.4, 0.5) is 15.8 Å². The number of benzene rings is 3. The van der Waals surface area contributed by atoms with E-state index in [-0.39, 0.29) is 16.3 Å². The number of nitrogens with one attached hydrogen (secondary N) is 1. The molecule has 0 radical (unpaired) electrons. The van der Waals surface area contributed by atoms with Crippen molar-refractivity contribution in [3.63, 3.8) is 0 Å². The molecule has 0 spiro atoms. The number of amides is 2. The van der Waals surface area contributed by atoms with Crippen molar-refractivity contribution in [2.24, 2.45) is 0 Å². The lowest BCUT2D eigenvalue weighted by atomic mass is 10.2. The fourth-order valence-corrected chi connectivity index (χ4v) is 3.89. The molecule has 0 bridgehead atoms. The number of carbonyl (C=O) groups is 2. The number of imide groups is 1. The number of hydrogen-bond donors (Lipinski definition) is 1. The number of rotatable bonds is 5. The average Bonchev–Trinajstić information content (AvgIpc) is 2.95. The van der Waals surface area contributed by atoms with E-state index >= 15 is 0 Å². The largest absolute Gasteiger partial charge is 0.348 e. The summed E-state index contributed by atoms with van der Waals surface area (Å²) in [5, 5.41) is 2.84. The lowest BCUT2D eigenvalue weighted by molar-refractivity contribution is -0.120. The molecule has 2 amide bonds. The molecule has 0 saturated carbocycles. The minimum atomic E-state index is -0.513. The van der Waals surface area contributed by atoms with Crippen molar-refractivity contribution in [1.82, 2.24) is 0 Å². The van der Waals surface area contributed by atoms with Gasteiger partial charge in [-0.2, -0.15) is 0 Å². The van der Waals surface area contributed by atoms with Crippen molar-refractivity contribution < 1.29 is 14.0 Å². The Balaban J connectivity index is 1.76. The molecule has 0 aliphatic carbocycles. The van der Waals surface area contributed by atoms with Gasteiger partial charge in [-0.15, -0.1) is 0 Å². The molecular weight excluding hydrogens is 387 g/mol. The van der Waals surface area contributed by atoms with Gasteiger partial charge in [-0.25, -0.2) is 9.29 Å². The fourth-order valence-electron chi connectivity index (χ4n) is 2.95. The first-order valence-electron chi connectivity index (χ1n) is 8.99. The Bertz CT molecular complexity index is 1110. The summed E-state index contributed by atoms with van der Waals surface area (Å²) in [4.78, 5) is 28.5. The number of halogens is 1. The predicted octanol–water partition coefficient (Wildman–Crippen LogP) is 5.12. The van der Waals surface area contributed by atoms with Gasteiger partial charge in [-0.1, -0.05) is 59.8 Å². The standard InChI is InChI=1S/C23H17FN2O2S/c1-15-11-13-16(14-12-15)26-22(27)20(25-19-10-6-5-9-18(19)24)21(23(26)28)29-17-7-3-2-4-8-17/h2-14,25H,1H3. The molecule has 3 aromatic rings. The maximum atomic E-state index is 14.2. The Kier molecular flexibility index (Phi) is 5.18. The fraction of sp³-hybridized carbons (Fsp3) is 0.0435. The molecule has 1 N–H and O–H groups in total. The molecule has 1 aliphatic rings. The number of para-hydroxylation sites is 1. The zero-order valence-corrected chi connectivity index (χ0v) is 16.4. The molecule has 0 unspecified atom stereocenters. The molecule has 4 rings (SSSR count). The SMILES string of the molecule is Cc1ccc(N2C(=O)C(Nc3ccccc3F)=C(Sc3ccccc3)C2=O)cc1. The van der Waals surface area contributed by atoms with Crippen LogP contribution in [0.5, 0.6) is 0 Å². The number of anilines is 2. The minimum absolute atomic E-state index is 0.0644. The number of carbonyl (C=O) groups excluding carboxylic acids is 2. The number of thioether (sulfide) groups is 1. The summed E-state index contributed by atoms with van der Waals surface area (Å²) >= 11 is 1.18. The van der Waals surface area contributed by atoms with Crippen LogP contribution in [0, 0.1) is 12.7 Å². The van der Waals surface area contributed by atoms with E-state index < -0.39 is 17.6 Å². The van der Waals surface area contributed by atoms with Crippen molar-refractivity contribution in [1.29, 1.82) is 0 Å². The lowest BCUT2D eigenvalue weighted by Gasteiger charge is -2.15. The van der Waals surface area contributed by atoms with Crippen molar-refractivity contribution >= 4 is 35.0 Å². The van der Waals surface area contributed by atoms with E-state index in [4.69, 9.17) is 0 Å². The highest BCUT2D eigenvalue weighted by Gasteiger charge is 2.40. The van der Waals surface area contributed by atoms with E-state index in [1.165, 1.54) is 23.9 Å². The molecule has 4 nitrogen and oxygen atoms in total. The second-order valence-corrected chi connectivity index (χ2v) is 7.59. The van der Waals surface area contributed by atoms with Gasteiger partial charge < -0.3 is 5.32 Å². The summed E-state index contributed by atoms with van der Waals surface area (Å²) in [7, 11) is 0. The summed E-state index contributed by atoms with van der Waals surface area (Å²) < 4.78 is 14.2. The third-order valence-corrected chi connectivity index (χ3v) is 5.52. The maximum absolute atomic E-state index is 14.2. The van der Waals surface area contributed by atoms with Gasteiger partial charge in [0.2, 0.25) is 0 Å². The summed E-state index contributed by atoms with van der Waals surface area (Å²) in [5.74, 6) is -1.45. The Morgan fingerprint density at radius 1 is 0.828 bits per heavy atom. The van der Waals surface area contributed by atoms with Crippen molar-refractivity contribution in [3.05, 3.63) is 101 Å². The molecule has 6 heteroatoms. The molecule has 144 valence electrons. The smallest absolute Gasteiger partial charge is 0.283 e. The topological polar surface area (TPSA) is 49.4 Å². The Morgan fingerprint density at radius 3 is 2.17 bits per heavy atom. The van der Waals surface area contributed by atoms with Gasteiger partial charge in [0.25, 0.3) is 11.8 Å². The molecule has 0 aromatic heterocycles. The van der Waals surface area contributed by atoms with Crippen molar-refractivity contribution in [2.75, 3.05) is 10.2 Å². The molecule has 29 heavy (non-hydrogen) atoms. The molecule has 1 aliphatic heterocycles. The highest BCUT2D eigenvalue weighted by molar-refractivity contribution is 8.04. The minimum Gasteiger partial charge on any atom is -0.348 e. The van der Waals surface area contributed by atoms with E-state index in [9.17, 15) is 14.0 Å². The van der Waals surface area contributed by atoms with Crippen LogP contribution in [-0.2, 0) is 9.59 Å². The second kappa shape index (κ2) is 7.93. The van der Waals surface area contributed by atoms with Crippen LogP contribution in [0.3, 0.4) is 0 Å². The first-order chi connectivity index (χ1) is 14.0. The summed E-state index contributed by atoms with van der Waals surface area (Å²) in [6.45, 7) is 1.93. The van der Waals surface area contributed by atoms with Gasteiger partial charge >= 0.3 is 0 Å². The first-order valence-corrected chi connectivity index (χ1v) is 9.80. The van der Waals surface area contributed by atoms with Crippen LogP contribution in [0.15, 0.2) is 94.4 Å². The monoisotopic (exact) mass is 404 g/mol. The summed E-state index contributed by atoms with van der Waals surface area (Å²) in [6.07, 6.45) is 0. The Labute approximate surface area is 172 Å². The third kappa shape index (κ3) is 3.79. The average molecular weight is 404 g/mol. The number of nitrogens with zero attached hydrogens (tertiary/aromatic N) is 1. The highest BCUT2D eigenvalue weighted by atomic mass is 32.2. The van der Waals surface area contributed by atoms with E-state index in [1.54, 1.807) is 24.3 Å². The molecule has 0 saturated heterocycles. The van der Waals surface area contributed by atoms with E-state index in [1.807, 2.05) is 49.4 Å². The van der Waals surface area contributed by atoms with Gasteiger partial charge in [0.05, 0.1) is 11.4 Å². The zero-order valence-electron chi connectivity index (χ0n) is 15.6. The first kappa shape index (κ1) is 19.0. The van der Waals surface area contributed by atoms with Gasteiger partial charge in [0.15, 0.2) is 0 Å². The van der Waals surface area contributed by atoms with E-state index in [2.05, 4.69) is 5.32 Å². The van der Waals surface area contributed by atoms with Crippen LogP contribution < -0.4 is 10.2 Å². The Morgan fingerprint density at radius 2 is 1.48 bits per heavy atom. The van der Waals surface area contributed by atoms with Crippen LogP contribution >= 0.6 is 11.8 Å². The third-order valence-electron chi connectivity index (χ3n) is 4.43. The lowest BCUT2D eigenvalue weighted by Crippen LogP contribution is -2.32. The number of hydrogen-bond acceptors (Lipinski definition) is 4. The predicted molar refractivity (Wildman–Crippen MR) is 113 cm³/mol.